The first-order valence-corrected chi connectivity index (χ1v) is 33.7. The SMILES string of the molecule is [2H]c1c(C)c(C([2H])(C)C([2H])([2H])[2H])c(C)[n+](C)c1-c1c(C)cc(-c2ccccc2)c2c1oc1c([N+]#[C-])cccc12.[2H]c1c(C)c(C([2H])(C)C([2H])([2H])[2H])c(C)[n+](C)c1-c1c(C)ccc2c1oc1c([N+]#[C-])cc(-c3ccccc3)cc12.[2H]c1c(C)c(C([2H])(C)C([2H])([2H])[2H])c(C)[n+](C)c1-c1c(C)ccc2c1oc1c([N+]#[C-])ccc(-c3ccccc3)c12. The molecule has 0 aliphatic heterocycles. The van der Waals surface area contributed by atoms with Crippen molar-refractivity contribution in [3.8, 4) is 67.2 Å². The highest BCUT2D eigenvalue weighted by molar-refractivity contribution is 6.20. The van der Waals surface area contributed by atoms with Gasteiger partial charge in [0.25, 0.3) is 0 Å². The summed E-state index contributed by atoms with van der Waals surface area (Å²) in [6.45, 7) is 36.1. The molecular weight excluding hydrogens is 1250 g/mol. The smallest absolute Gasteiger partial charge is 0.230 e. The molecule has 0 saturated heterocycles. The van der Waals surface area contributed by atoms with Crippen molar-refractivity contribution in [2.45, 2.75) is 121 Å². The van der Waals surface area contributed by atoms with E-state index in [9.17, 15) is 2.74 Å². The van der Waals surface area contributed by atoms with Gasteiger partial charge in [-0.2, -0.15) is 13.7 Å². The minimum atomic E-state index is -2.57. The van der Waals surface area contributed by atoms with E-state index in [2.05, 4.69) is 20.6 Å². The number of rotatable bonds is 9. The van der Waals surface area contributed by atoms with Crippen LogP contribution in [0.25, 0.3) is 148 Å². The lowest BCUT2D eigenvalue weighted by atomic mass is 9.90. The summed E-state index contributed by atoms with van der Waals surface area (Å²) in [7, 11) is 5.38. The van der Waals surface area contributed by atoms with E-state index < -0.39 is 38.2 Å². The average Bonchev–Trinajstić information content (AvgIpc) is 1.67. The summed E-state index contributed by atoms with van der Waals surface area (Å²) >= 11 is 0. The molecule has 9 nitrogen and oxygen atoms in total. The van der Waals surface area contributed by atoms with Crippen LogP contribution in [-0.4, -0.2) is 0 Å². The van der Waals surface area contributed by atoms with Gasteiger partial charge in [0.1, 0.15) is 54.6 Å². The number of hydrogen-bond acceptors (Lipinski definition) is 3. The molecule has 0 saturated carbocycles. The molecule has 6 heterocycles. The summed E-state index contributed by atoms with van der Waals surface area (Å²) in [4.78, 5) is 11.2. The highest BCUT2D eigenvalue weighted by Crippen LogP contribution is 2.49. The van der Waals surface area contributed by atoms with Gasteiger partial charge in [-0.25, -0.2) is 14.5 Å². The maximum absolute atomic E-state index is 9.22. The Bertz CT molecular complexity index is 6680. The molecule has 102 heavy (non-hydrogen) atoms. The zero-order valence-corrected chi connectivity index (χ0v) is 60.0. The Morgan fingerprint density at radius 1 is 0.353 bits per heavy atom. The van der Waals surface area contributed by atoms with Crippen LogP contribution in [0.1, 0.15) is 147 Å². The number of aryl methyl sites for hydroxylation is 3. The fourth-order valence-electron chi connectivity index (χ4n) is 14.9. The Labute approximate surface area is 620 Å². The number of pyridine rings is 3. The molecule has 9 heteroatoms. The van der Waals surface area contributed by atoms with E-state index in [1.807, 2.05) is 166 Å². The van der Waals surface area contributed by atoms with Crippen LogP contribution in [0.2, 0.25) is 0 Å². The van der Waals surface area contributed by atoms with Crippen LogP contribution in [0, 0.1) is 82.0 Å². The van der Waals surface area contributed by atoms with Crippen LogP contribution in [0.3, 0.4) is 0 Å². The van der Waals surface area contributed by atoms with Crippen LogP contribution in [0.15, 0.2) is 195 Å². The zero-order valence-electron chi connectivity index (χ0n) is 75.0. The normalized spacial score (nSPS) is 15.7. The Hall–Kier alpha value is -11.7. The van der Waals surface area contributed by atoms with Gasteiger partial charge in [-0.1, -0.05) is 187 Å². The average molecular weight is 1350 g/mol. The van der Waals surface area contributed by atoms with E-state index in [4.69, 9.17) is 50.8 Å². The Balaban J connectivity index is 0.000000152. The third-order valence-corrected chi connectivity index (χ3v) is 20.0. The highest BCUT2D eigenvalue weighted by atomic mass is 16.3. The fourth-order valence-corrected chi connectivity index (χ4v) is 14.9. The summed E-state index contributed by atoms with van der Waals surface area (Å²) in [5, 5.41) is 5.00. The highest BCUT2D eigenvalue weighted by Gasteiger charge is 2.31. The van der Waals surface area contributed by atoms with Gasteiger partial charge in [0.15, 0.2) is 17.1 Å². The molecule has 3 atom stereocenters. The molecule has 0 radical (unpaired) electrons. The van der Waals surface area contributed by atoms with E-state index >= 15 is 0 Å². The van der Waals surface area contributed by atoms with Gasteiger partial charge in [-0.05, 0) is 144 Å². The van der Waals surface area contributed by atoms with Crippen molar-refractivity contribution in [1.29, 1.82) is 0 Å². The van der Waals surface area contributed by atoms with E-state index in [1.165, 1.54) is 20.8 Å². The molecule has 0 fully saturated rings. The first kappa shape index (κ1) is 52.3. The molecule has 9 aromatic carbocycles. The number of furan rings is 3. The molecule has 0 aliphatic carbocycles. The third kappa shape index (κ3) is 11.8. The predicted octanol–water partition coefficient (Wildman–Crippen LogP) is 25.0. The lowest BCUT2D eigenvalue weighted by Gasteiger charge is -2.16. The number of fused-ring (bicyclic) bond motifs is 9. The number of benzene rings is 9. The molecule has 0 N–H and O–H groups in total. The summed E-state index contributed by atoms with van der Waals surface area (Å²) in [5.41, 5.74) is 20.9. The molecule has 0 amide bonds. The van der Waals surface area contributed by atoms with Crippen molar-refractivity contribution in [1.82, 2.24) is 0 Å². The Kier molecular flexibility index (Phi) is 14.1. The van der Waals surface area contributed by atoms with Crippen LogP contribution >= 0.6 is 0 Å². The van der Waals surface area contributed by atoms with Crippen LogP contribution in [0.4, 0.5) is 17.1 Å². The molecule has 3 unspecified atom stereocenters. The van der Waals surface area contributed by atoms with Crippen molar-refractivity contribution in [2.75, 3.05) is 0 Å². The number of nitrogens with zero attached hydrogens (tertiary/aromatic N) is 6. The summed E-state index contributed by atoms with van der Waals surface area (Å²) in [6.07, 6.45) is 0. The number of hydrogen-bond donors (Lipinski definition) is 0. The first-order chi connectivity index (χ1) is 54.9. The van der Waals surface area contributed by atoms with E-state index in [1.54, 1.807) is 88.5 Å². The number of aromatic nitrogens is 3. The van der Waals surface area contributed by atoms with Gasteiger partial charge in [0.2, 0.25) is 34.1 Å². The standard InChI is InChI=1S/3C31H29N2O/c1-18(2)27-20(4)17-26(33(7)21(27)5)28-19(3)16-24(22-12-9-8-10-13-22)29-23-14-11-15-25(32-6)30(23)34-31(28)29;1-18(2)28-20(4)15-27(33(7)21(28)5)29-19(3)13-14-24-25-16-23(22-11-9-8-10-12-22)17-26(32-6)30(25)34-31(24)29;1-18(2)27-20(4)17-26(33(7)21(27)5)28-19(3)13-14-24-29-23(22-11-9-8-10-12-22)15-16-25(32-6)31(29)34-30(24)28/h3*8-18H,1-5,7H3/q3*+1/i1D3,17D,18D;1D3,15D,18D;1D3,17D,18D. The van der Waals surface area contributed by atoms with E-state index in [0.29, 0.717) is 135 Å². The van der Waals surface area contributed by atoms with E-state index in [-0.39, 0.29) is 18.1 Å². The molecule has 15 aromatic rings. The van der Waals surface area contributed by atoms with Crippen LogP contribution in [0.5, 0.6) is 0 Å². The maximum atomic E-state index is 9.22. The Morgan fingerprint density at radius 3 is 1.25 bits per heavy atom. The fraction of sp³-hybridized carbons (Fsp3) is 0.226. The van der Waals surface area contributed by atoms with Crippen molar-refractivity contribution in [3.05, 3.63) is 283 Å². The van der Waals surface area contributed by atoms with Crippen molar-refractivity contribution in [3.63, 3.8) is 0 Å². The monoisotopic (exact) mass is 1350 g/mol. The minimum absolute atomic E-state index is 0.142. The van der Waals surface area contributed by atoms with Crippen molar-refractivity contribution >= 4 is 82.9 Å². The molecule has 0 aliphatic rings. The third-order valence-electron chi connectivity index (χ3n) is 20.0. The van der Waals surface area contributed by atoms with Gasteiger partial charge in [-0.3, -0.25) is 0 Å². The van der Waals surface area contributed by atoms with Gasteiger partial charge in [0, 0.05) is 104 Å². The second-order valence-electron chi connectivity index (χ2n) is 26.4. The molecular formula is C93H87N6O3+3. The second kappa shape index (κ2) is 27.4. The maximum Gasteiger partial charge on any atom is 0.230 e. The Morgan fingerprint density at radius 2 is 0.755 bits per heavy atom. The van der Waals surface area contributed by atoms with Gasteiger partial charge in [0.05, 0.1) is 40.5 Å². The largest absolute Gasteiger partial charge is 0.466 e. The number of para-hydroxylation sites is 1. The van der Waals surface area contributed by atoms with Gasteiger partial charge >= 0.3 is 0 Å². The van der Waals surface area contributed by atoms with Crippen LogP contribution < -0.4 is 13.7 Å². The summed E-state index contributed by atoms with van der Waals surface area (Å²) in [5.74, 6) is -5.66. The molecule has 0 spiro atoms. The van der Waals surface area contributed by atoms with Crippen molar-refractivity contribution < 1.29 is 47.5 Å². The summed E-state index contributed by atoms with van der Waals surface area (Å²) in [6, 6.07) is 53.4. The minimum Gasteiger partial charge on any atom is -0.466 e. The molecule has 0 bridgehead atoms. The van der Waals surface area contributed by atoms with Crippen molar-refractivity contribution in [2.24, 2.45) is 21.1 Å². The predicted molar refractivity (Wildman–Crippen MR) is 421 cm³/mol. The zero-order chi connectivity index (χ0) is 85.3. The molecule has 6 aromatic heterocycles. The lowest BCUT2D eigenvalue weighted by Crippen LogP contribution is -2.37. The quantitative estimate of drug-likeness (QED) is 0.107. The van der Waals surface area contributed by atoms with E-state index in [0.717, 1.165) is 82.4 Å². The lowest BCUT2D eigenvalue weighted by molar-refractivity contribution is -0.667. The molecule has 15 rings (SSSR count). The topological polar surface area (TPSA) is 64.1 Å². The van der Waals surface area contributed by atoms with Gasteiger partial charge in [-0.15, -0.1) is 0 Å². The van der Waals surface area contributed by atoms with Crippen LogP contribution in [-0.2, 0) is 21.1 Å². The summed E-state index contributed by atoms with van der Waals surface area (Å²) < 4.78 is 151. The molecule has 504 valence electrons. The second-order valence-corrected chi connectivity index (χ2v) is 26.4. The first-order valence-electron chi connectivity index (χ1n) is 41.2. The van der Waals surface area contributed by atoms with Gasteiger partial charge < -0.3 is 13.3 Å².